The van der Waals surface area contributed by atoms with E-state index in [1.54, 1.807) is 6.08 Å². The Labute approximate surface area is 106 Å². The number of nitrogens with one attached hydrogen (secondary N) is 1. The molecule has 0 aromatic rings. The SMILES string of the molecule is C=C[C@@H](CCCCC)NC(=O)C(Cl)(Cl)Cl. The number of rotatable bonds is 6. The Kier molecular flexibility index (Phi) is 7.41. The molecule has 0 bridgehead atoms. The second-order valence-corrected chi connectivity index (χ2v) is 5.59. The Bertz CT molecular complexity index is 213. The molecule has 0 saturated heterocycles. The van der Waals surface area contributed by atoms with Crippen molar-refractivity contribution in [2.75, 3.05) is 0 Å². The van der Waals surface area contributed by atoms with Gasteiger partial charge in [-0.2, -0.15) is 0 Å². The Morgan fingerprint density at radius 1 is 1.47 bits per heavy atom. The number of amides is 1. The fraction of sp³-hybridized carbons (Fsp3) is 0.700. The van der Waals surface area contributed by atoms with Gasteiger partial charge in [0.15, 0.2) is 0 Å². The number of alkyl halides is 3. The van der Waals surface area contributed by atoms with Crippen LogP contribution in [0.25, 0.3) is 0 Å². The maximum atomic E-state index is 11.3. The van der Waals surface area contributed by atoms with Crippen LogP contribution >= 0.6 is 34.8 Å². The average Bonchev–Trinajstić information content (AvgIpc) is 2.14. The molecule has 0 aromatic carbocycles. The third-order valence-electron chi connectivity index (χ3n) is 1.98. The predicted octanol–water partition coefficient (Wildman–Crippen LogP) is 3.61. The number of carbonyl (C=O) groups is 1. The molecule has 15 heavy (non-hydrogen) atoms. The van der Waals surface area contributed by atoms with E-state index in [9.17, 15) is 4.79 Å². The summed E-state index contributed by atoms with van der Waals surface area (Å²) in [7, 11) is 0. The van der Waals surface area contributed by atoms with Gasteiger partial charge in [-0.3, -0.25) is 4.79 Å². The van der Waals surface area contributed by atoms with Gasteiger partial charge >= 0.3 is 0 Å². The van der Waals surface area contributed by atoms with Crippen molar-refractivity contribution in [2.24, 2.45) is 0 Å². The molecule has 0 rings (SSSR count). The van der Waals surface area contributed by atoms with Gasteiger partial charge in [0.05, 0.1) is 0 Å². The maximum Gasteiger partial charge on any atom is 0.272 e. The van der Waals surface area contributed by atoms with E-state index < -0.39 is 9.70 Å². The monoisotopic (exact) mass is 271 g/mol. The van der Waals surface area contributed by atoms with Gasteiger partial charge in [-0.15, -0.1) is 6.58 Å². The molecular formula is C10H16Cl3NO. The molecule has 1 N–H and O–H groups in total. The molecule has 0 aliphatic carbocycles. The van der Waals surface area contributed by atoms with Crippen LogP contribution in [0, 0.1) is 0 Å². The van der Waals surface area contributed by atoms with E-state index in [-0.39, 0.29) is 6.04 Å². The van der Waals surface area contributed by atoms with Crippen LogP contribution in [0.15, 0.2) is 12.7 Å². The molecule has 0 spiro atoms. The summed E-state index contributed by atoms with van der Waals surface area (Å²) in [5, 5.41) is 2.61. The first kappa shape index (κ1) is 15.1. The van der Waals surface area contributed by atoms with Gasteiger partial charge in [0, 0.05) is 6.04 Å². The molecule has 0 aliphatic rings. The third-order valence-corrected chi connectivity index (χ3v) is 2.49. The normalized spacial score (nSPS) is 13.3. The number of hydrogen-bond donors (Lipinski definition) is 1. The van der Waals surface area contributed by atoms with Crippen molar-refractivity contribution in [1.29, 1.82) is 0 Å². The lowest BCUT2D eigenvalue weighted by Crippen LogP contribution is -2.40. The summed E-state index contributed by atoms with van der Waals surface area (Å²) in [6.07, 6.45) is 5.75. The molecule has 0 radical (unpaired) electrons. The minimum absolute atomic E-state index is 0.125. The van der Waals surface area contributed by atoms with Gasteiger partial charge in [0.25, 0.3) is 9.70 Å². The van der Waals surface area contributed by atoms with E-state index >= 15 is 0 Å². The summed E-state index contributed by atoms with van der Waals surface area (Å²) in [6, 6.07) is -0.125. The van der Waals surface area contributed by atoms with Crippen molar-refractivity contribution in [3.05, 3.63) is 12.7 Å². The number of carbonyl (C=O) groups excluding carboxylic acids is 1. The standard InChI is InChI=1S/C10H16Cl3NO/c1-3-5-6-7-8(4-2)14-9(15)10(11,12)13/h4,8H,2-3,5-7H2,1H3,(H,14,15)/t8-/m0/s1. The van der Waals surface area contributed by atoms with Crippen molar-refractivity contribution >= 4 is 40.7 Å². The maximum absolute atomic E-state index is 11.3. The highest BCUT2D eigenvalue weighted by Gasteiger charge is 2.31. The minimum atomic E-state index is -1.90. The molecule has 88 valence electrons. The zero-order valence-electron chi connectivity index (χ0n) is 8.73. The van der Waals surface area contributed by atoms with Gasteiger partial charge < -0.3 is 5.32 Å². The molecule has 0 unspecified atom stereocenters. The quantitative estimate of drug-likeness (QED) is 0.447. The van der Waals surface area contributed by atoms with E-state index in [0.29, 0.717) is 0 Å². The fourth-order valence-corrected chi connectivity index (χ4v) is 1.28. The number of hydrogen-bond acceptors (Lipinski definition) is 1. The van der Waals surface area contributed by atoms with Crippen LogP contribution in [0.2, 0.25) is 0 Å². The lowest BCUT2D eigenvalue weighted by molar-refractivity contribution is -0.120. The van der Waals surface area contributed by atoms with Gasteiger partial charge in [-0.05, 0) is 6.42 Å². The first-order chi connectivity index (χ1) is 6.91. The third kappa shape index (κ3) is 7.04. The molecule has 5 heteroatoms. The molecule has 0 fully saturated rings. The Morgan fingerprint density at radius 2 is 2.07 bits per heavy atom. The highest BCUT2D eigenvalue weighted by Crippen LogP contribution is 2.26. The number of unbranched alkanes of at least 4 members (excludes halogenated alkanes) is 2. The predicted molar refractivity (Wildman–Crippen MR) is 66.6 cm³/mol. The van der Waals surface area contributed by atoms with E-state index in [2.05, 4.69) is 18.8 Å². The van der Waals surface area contributed by atoms with Crippen molar-refractivity contribution in [1.82, 2.24) is 5.32 Å². The van der Waals surface area contributed by atoms with Gasteiger partial charge in [-0.25, -0.2) is 0 Å². The molecule has 0 aliphatic heterocycles. The zero-order valence-corrected chi connectivity index (χ0v) is 11.0. The first-order valence-corrected chi connectivity index (χ1v) is 6.05. The van der Waals surface area contributed by atoms with Crippen LogP contribution in [0.4, 0.5) is 0 Å². The molecule has 1 amide bonds. The van der Waals surface area contributed by atoms with Crippen LogP contribution in [-0.4, -0.2) is 15.7 Å². The van der Waals surface area contributed by atoms with Crippen molar-refractivity contribution in [3.8, 4) is 0 Å². The summed E-state index contributed by atoms with van der Waals surface area (Å²) in [5.74, 6) is -0.603. The van der Waals surface area contributed by atoms with Gasteiger partial charge in [0.2, 0.25) is 0 Å². The van der Waals surface area contributed by atoms with E-state index in [1.807, 2.05) is 0 Å². The lowest BCUT2D eigenvalue weighted by Gasteiger charge is -2.17. The van der Waals surface area contributed by atoms with E-state index in [1.165, 1.54) is 0 Å². The van der Waals surface area contributed by atoms with Crippen LogP contribution in [0.3, 0.4) is 0 Å². The average molecular weight is 273 g/mol. The number of halogens is 3. The van der Waals surface area contributed by atoms with E-state index in [4.69, 9.17) is 34.8 Å². The highest BCUT2D eigenvalue weighted by molar-refractivity contribution is 6.76. The lowest BCUT2D eigenvalue weighted by atomic mass is 10.1. The summed E-state index contributed by atoms with van der Waals surface area (Å²) < 4.78 is -1.90. The Balaban J connectivity index is 3.99. The Morgan fingerprint density at radius 3 is 2.47 bits per heavy atom. The van der Waals surface area contributed by atoms with Crippen LogP contribution < -0.4 is 5.32 Å². The molecule has 0 saturated carbocycles. The zero-order chi connectivity index (χ0) is 11.9. The van der Waals surface area contributed by atoms with Crippen LogP contribution in [0.1, 0.15) is 32.6 Å². The molecule has 1 atom stereocenters. The molecular weight excluding hydrogens is 256 g/mol. The fourth-order valence-electron chi connectivity index (χ4n) is 1.11. The molecule has 2 nitrogen and oxygen atoms in total. The second kappa shape index (κ2) is 7.37. The second-order valence-electron chi connectivity index (χ2n) is 3.31. The van der Waals surface area contributed by atoms with Crippen molar-refractivity contribution in [2.45, 2.75) is 42.4 Å². The van der Waals surface area contributed by atoms with E-state index in [0.717, 1.165) is 25.7 Å². The molecule has 0 aromatic heterocycles. The summed E-state index contributed by atoms with van der Waals surface area (Å²) in [4.78, 5) is 11.3. The summed E-state index contributed by atoms with van der Waals surface area (Å²) >= 11 is 16.3. The van der Waals surface area contributed by atoms with Crippen molar-refractivity contribution < 1.29 is 4.79 Å². The Hall–Kier alpha value is 0.0800. The first-order valence-electron chi connectivity index (χ1n) is 4.92. The topological polar surface area (TPSA) is 29.1 Å². The summed E-state index contributed by atoms with van der Waals surface area (Å²) in [6.45, 7) is 5.74. The van der Waals surface area contributed by atoms with Gasteiger partial charge in [0.1, 0.15) is 0 Å². The highest BCUT2D eigenvalue weighted by atomic mass is 35.6. The largest absolute Gasteiger partial charge is 0.346 e. The van der Waals surface area contributed by atoms with Crippen LogP contribution in [-0.2, 0) is 4.79 Å². The van der Waals surface area contributed by atoms with Crippen LogP contribution in [0.5, 0.6) is 0 Å². The van der Waals surface area contributed by atoms with Gasteiger partial charge in [-0.1, -0.05) is 67.1 Å². The van der Waals surface area contributed by atoms with Crippen molar-refractivity contribution in [3.63, 3.8) is 0 Å². The summed E-state index contributed by atoms with van der Waals surface area (Å²) in [5.41, 5.74) is 0. The molecule has 0 heterocycles. The minimum Gasteiger partial charge on any atom is -0.346 e. The smallest absolute Gasteiger partial charge is 0.272 e.